The monoisotopic (exact) mass is 558 g/mol. The van der Waals surface area contributed by atoms with Crippen molar-refractivity contribution in [3.8, 4) is 6.07 Å². The average Bonchev–Trinajstić information content (AvgIpc) is 3.37. The summed E-state index contributed by atoms with van der Waals surface area (Å²) in [6.45, 7) is 11.5. The minimum atomic E-state index is -0.0218. The van der Waals surface area contributed by atoms with Gasteiger partial charge in [0.05, 0.1) is 35.6 Å². The van der Waals surface area contributed by atoms with Crippen LogP contribution in [0, 0.1) is 18.3 Å². The molecule has 0 saturated carbocycles. The Morgan fingerprint density at radius 1 is 1.00 bits per heavy atom. The zero-order valence-corrected chi connectivity index (χ0v) is 24.0. The Balaban J connectivity index is 1.09. The summed E-state index contributed by atoms with van der Waals surface area (Å²) in [6.07, 6.45) is 3.47. The molecular weight excluding hydrogens is 520 g/mol. The Morgan fingerprint density at radius 3 is 2.51 bits per heavy atom. The van der Waals surface area contributed by atoms with E-state index in [1.165, 1.54) is 0 Å². The number of benzene rings is 1. The maximum Gasteiger partial charge on any atom is 0.227 e. The molecule has 0 bridgehead atoms. The first-order valence-corrected chi connectivity index (χ1v) is 14.3. The lowest BCUT2D eigenvalue weighted by Crippen LogP contribution is -2.54. The number of rotatable bonds is 6. The number of nitriles is 1. The molecule has 6 rings (SSSR count). The van der Waals surface area contributed by atoms with Crippen LogP contribution >= 0.6 is 0 Å². The van der Waals surface area contributed by atoms with Gasteiger partial charge in [-0.25, -0.2) is 4.98 Å². The quantitative estimate of drug-likeness (QED) is 0.466. The van der Waals surface area contributed by atoms with Crippen LogP contribution in [0.4, 0.5) is 17.5 Å². The van der Waals surface area contributed by atoms with Crippen LogP contribution in [0.5, 0.6) is 0 Å². The molecule has 0 unspecified atom stereocenters. The minimum Gasteiger partial charge on any atom is -0.378 e. The van der Waals surface area contributed by atoms with E-state index in [1.807, 2.05) is 25.1 Å². The second-order valence-corrected chi connectivity index (χ2v) is 11.3. The van der Waals surface area contributed by atoms with E-state index in [2.05, 4.69) is 42.6 Å². The zero-order chi connectivity index (χ0) is 28.5. The number of ether oxygens (including phenoxy) is 2. The van der Waals surface area contributed by atoms with Crippen molar-refractivity contribution in [1.82, 2.24) is 24.8 Å². The van der Waals surface area contributed by atoms with Gasteiger partial charge in [-0.1, -0.05) is 0 Å². The Kier molecular flexibility index (Phi) is 7.86. The predicted molar refractivity (Wildman–Crippen MR) is 157 cm³/mol. The second kappa shape index (κ2) is 11.7. The number of fused-ring (bicyclic) bond motifs is 1. The van der Waals surface area contributed by atoms with Crippen molar-refractivity contribution in [2.45, 2.75) is 38.2 Å². The molecule has 12 nitrogen and oxygen atoms in total. The Labute approximate surface area is 240 Å². The first-order valence-electron chi connectivity index (χ1n) is 14.3. The van der Waals surface area contributed by atoms with Crippen molar-refractivity contribution in [3.63, 3.8) is 0 Å². The first-order chi connectivity index (χ1) is 19.9. The van der Waals surface area contributed by atoms with Gasteiger partial charge in [0.25, 0.3) is 0 Å². The molecule has 1 aromatic carbocycles. The number of hydrogen-bond acceptors (Lipinski definition) is 12. The van der Waals surface area contributed by atoms with Gasteiger partial charge in [0.2, 0.25) is 5.95 Å². The number of methoxy groups -OCH3 is 1. The lowest BCUT2D eigenvalue weighted by atomic mass is 10.1. The SMILES string of the molecule is CO[C@@H]1CN(c2cc(C)nc(N3CCN(C[C@H]4CN(c5ccc(C#N)c6nccnc56)C[C@@H](C)O4)CC3)n2)C[C@@H]1N. The molecule has 216 valence electrons. The van der Waals surface area contributed by atoms with Gasteiger partial charge in [-0.15, -0.1) is 0 Å². The van der Waals surface area contributed by atoms with Gasteiger partial charge in [0.15, 0.2) is 0 Å². The molecule has 5 heterocycles. The summed E-state index contributed by atoms with van der Waals surface area (Å²) in [4.78, 5) is 28.0. The van der Waals surface area contributed by atoms with Crippen LogP contribution in [0.3, 0.4) is 0 Å². The van der Waals surface area contributed by atoms with Gasteiger partial charge >= 0.3 is 0 Å². The third-order valence-corrected chi connectivity index (χ3v) is 8.27. The highest BCUT2D eigenvalue weighted by Crippen LogP contribution is 2.29. The second-order valence-electron chi connectivity index (χ2n) is 11.3. The summed E-state index contributed by atoms with van der Waals surface area (Å²) in [6, 6.07) is 8.07. The fourth-order valence-corrected chi connectivity index (χ4v) is 6.22. The summed E-state index contributed by atoms with van der Waals surface area (Å²) in [5.41, 5.74) is 10.2. The predicted octanol–water partition coefficient (Wildman–Crippen LogP) is 1.18. The molecule has 2 N–H and O–H groups in total. The van der Waals surface area contributed by atoms with Gasteiger partial charge in [0, 0.05) is 90.2 Å². The van der Waals surface area contributed by atoms with Crippen LogP contribution in [-0.4, -0.2) is 115 Å². The fraction of sp³-hybridized carbons (Fsp3) is 0.552. The number of hydrogen-bond donors (Lipinski definition) is 1. The van der Waals surface area contributed by atoms with E-state index in [1.54, 1.807) is 19.5 Å². The molecule has 4 atom stereocenters. The van der Waals surface area contributed by atoms with Gasteiger partial charge in [0.1, 0.15) is 22.9 Å². The maximum absolute atomic E-state index is 9.52. The fourth-order valence-electron chi connectivity index (χ4n) is 6.22. The van der Waals surface area contributed by atoms with E-state index in [4.69, 9.17) is 25.2 Å². The molecule has 3 saturated heterocycles. The number of anilines is 3. The molecule has 2 aromatic heterocycles. The summed E-state index contributed by atoms with van der Waals surface area (Å²) in [5.74, 6) is 1.69. The van der Waals surface area contributed by atoms with E-state index < -0.39 is 0 Å². The van der Waals surface area contributed by atoms with Crippen LogP contribution in [0.1, 0.15) is 18.2 Å². The minimum absolute atomic E-state index is 0.0153. The summed E-state index contributed by atoms with van der Waals surface area (Å²) in [5, 5.41) is 9.52. The van der Waals surface area contributed by atoms with Gasteiger partial charge in [-0.05, 0) is 26.0 Å². The maximum atomic E-state index is 9.52. The van der Waals surface area contributed by atoms with E-state index in [0.29, 0.717) is 11.1 Å². The highest BCUT2D eigenvalue weighted by molar-refractivity contribution is 5.92. The molecular formula is C29H38N10O2. The van der Waals surface area contributed by atoms with E-state index in [-0.39, 0.29) is 24.4 Å². The standard InChI is InChI=1S/C29H38N10O2/c1-19-12-26(39-17-23(31)25(18-39)40-3)35-29(34-19)37-10-8-36(9-11-37)15-22-16-38(14-20(2)41-22)24-5-4-21(13-30)27-28(24)33-7-6-32-27/h4-7,12,20,22-23,25H,8-11,14-18,31H2,1-3H3/t20-,22+,23+,25-/m1/s1. The molecule has 0 spiro atoms. The lowest BCUT2D eigenvalue weighted by molar-refractivity contribution is -0.0327. The molecule has 3 aliphatic rings. The van der Waals surface area contributed by atoms with Gasteiger partial charge in [-0.3, -0.25) is 14.9 Å². The van der Waals surface area contributed by atoms with Crippen LogP contribution in [0.15, 0.2) is 30.6 Å². The van der Waals surface area contributed by atoms with E-state index in [0.717, 1.165) is 87.6 Å². The Morgan fingerprint density at radius 2 is 1.78 bits per heavy atom. The Bertz CT molecular complexity index is 1420. The molecule has 0 aliphatic carbocycles. The zero-order valence-electron chi connectivity index (χ0n) is 24.0. The third-order valence-electron chi connectivity index (χ3n) is 8.27. The van der Waals surface area contributed by atoms with Crippen molar-refractivity contribution in [2.75, 3.05) is 80.7 Å². The summed E-state index contributed by atoms with van der Waals surface area (Å²) >= 11 is 0. The van der Waals surface area contributed by atoms with Crippen molar-refractivity contribution in [1.29, 1.82) is 5.26 Å². The lowest BCUT2D eigenvalue weighted by Gasteiger charge is -2.42. The van der Waals surface area contributed by atoms with Crippen LogP contribution in [0.2, 0.25) is 0 Å². The van der Waals surface area contributed by atoms with Crippen LogP contribution in [-0.2, 0) is 9.47 Å². The van der Waals surface area contributed by atoms with Gasteiger partial charge < -0.3 is 29.9 Å². The van der Waals surface area contributed by atoms with Crippen LogP contribution in [0.25, 0.3) is 11.0 Å². The molecule has 3 aliphatic heterocycles. The summed E-state index contributed by atoms with van der Waals surface area (Å²) < 4.78 is 11.9. The molecule has 3 fully saturated rings. The topological polar surface area (TPSA) is 133 Å². The molecule has 41 heavy (non-hydrogen) atoms. The largest absolute Gasteiger partial charge is 0.378 e. The molecule has 3 aromatic rings. The van der Waals surface area contributed by atoms with Crippen molar-refractivity contribution >= 4 is 28.5 Å². The summed E-state index contributed by atoms with van der Waals surface area (Å²) in [7, 11) is 1.71. The number of aromatic nitrogens is 4. The number of nitrogens with two attached hydrogens (primary N) is 1. The van der Waals surface area contributed by atoms with E-state index in [9.17, 15) is 5.26 Å². The van der Waals surface area contributed by atoms with Crippen molar-refractivity contribution in [3.05, 3.63) is 41.9 Å². The smallest absolute Gasteiger partial charge is 0.227 e. The molecule has 12 heteroatoms. The van der Waals surface area contributed by atoms with Crippen LogP contribution < -0.4 is 20.4 Å². The third kappa shape index (κ3) is 5.76. The number of morpholine rings is 1. The van der Waals surface area contributed by atoms with Crippen molar-refractivity contribution < 1.29 is 9.47 Å². The highest BCUT2D eigenvalue weighted by Gasteiger charge is 2.33. The molecule has 0 amide bonds. The molecule has 0 radical (unpaired) electrons. The average molecular weight is 559 g/mol. The highest BCUT2D eigenvalue weighted by atomic mass is 16.5. The number of aryl methyl sites for hydroxylation is 1. The van der Waals surface area contributed by atoms with Gasteiger partial charge in [-0.2, -0.15) is 10.2 Å². The van der Waals surface area contributed by atoms with Crippen molar-refractivity contribution in [2.24, 2.45) is 5.73 Å². The normalized spacial score (nSPS) is 25.6. The first kappa shape index (κ1) is 27.5. The number of piperazine rings is 1. The Hall–Kier alpha value is -3.63. The number of nitrogens with zero attached hydrogens (tertiary/aromatic N) is 9. The van der Waals surface area contributed by atoms with E-state index >= 15 is 0 Å².